The van der Waals surface area contributed by atoms with Crippen molar-refractivity contribution in [2.24, 2.45) is 0 Å². The summed E-state index contributed by atoms with van der Waals surface area (Å²) in [5.74, 6) is 1.68. The van der Waals surface area contributed by atoms with Crippen molar-refractivity contribution < 1.29 is 9.53 Å². The monoisotopic (exact) mass is 388 g/mol. The largest absolute Gasteiger partial charge is 0.496 e. The van der Waals surface area contributed by atoms with Crippen LogP contribution in [0.2, 0.25) is 0 Å². The summed E-state index contributed by atoms with van der Waals surface area (Å²) >= 11 is 0. The molecule has 29 heavy (non-hydrogen) atoms. The molecule has 0 aliphatic rings. The second-order valence-corrected chi connectivity index (χ2v) is 6.32. The molecule has 0 aliphatic heterocycles. The number of nitrogens with zero attached hydrogens (tertiary/aromatic N) is 2. The number of amides is 1. The number of carbonyl (C=O) groups excluding carboxylic acids is 1. The second-order valence-electron chi connectivity index (χ2n) is 6.32. The molecule has 0 radical (unpaired) electrons. The third kappa shape index (κ3) is 5.42. The van der Waals surface area contributed by atoms with Gasteiger partial charge in [0, 0.05) is 24.7 Å². The third-order valence-corrected chi connectivity index (χ3v) is 4.29. The highest BCUT2D eigenvalue weighted by Crippen LogP contribution is 2.20. The quantitative estimate of drug-likeness (QED) is 0.547. The highest BCUT2D eigenvalue weighted by molar-refractivity contribution is 5.93. The van der Waals surface area contributed by atoms with Crippen LogP contribution in [0.5, 0.6) is 5.75 Å². The summed E-state index contributed by atoms with van der Waals surface area (Å²) < 4.78 is 5.40. The van der Waals surface area contributed by atoms with Gasteiger partial charge in [0.25, 0.3) is 5.91 Å². The number of hydrogen-bond donors (Lipinski definition) is 2. The van der Waals surface area contributed by atoms with Crippen LogP contribution in [0.1, 0.15) is 16.1 Å². The Morgan fingerprint density at radius 1 is 1.10 bits per heavy atom. The van der Waals surface area contributed by atoms with Gasteiger partial charge in [0.15, 0.2) is 5.82 Å². The SMILES string of the molecule is C=CCNC(=O)c1cc(NCCc2ccccc2OC)nc(-c2ccccc2)n1. The van der Waals surface area contributed by atoms with Gasteiger partial charge in [0.1, 0.15) is 17.3 Å². The fourth-order valence-corrected chi connectivity index (χ4v) is 2.86. The molecule has 2 aromatic carbocycles. The smallest absolute Gasteiger partial charge is 0.270 e. The topological polar surface area (TPSA) is 76.1 Å². The Hall–Kier alpha value is -3.67. The summed E-state index contributed by atoms with van der Waals surface area (Å²) in [6, 6.07) is 19.1. The first-order chi connectivity index (χ1) is 14.2. The van der Waals surface area contributed by atoms with Crippen molar-refractivity contribution in [1.29, 1.82) is 0 Å². The molecule has 6 nitrogen and oxygen atoms in total. The fraction of sp³-hybridized carbons (Fsp3) is 0.174. The van der Waals surface area contributed by atoms with E-state index in [1.54, 1.807) is 19.3 Å². The van der Waals surface area contributed by atoms with E-state index in [1.165, 1.54) is 0 Å². The average molecular weight is 388 g/mol. The summed E-state index contributed by atoms with van der Waals surface area (Å²) in [4.78, 5) is 21.4. The lowest BCUT2D eigenvalue weighted by atomic mass is 10.1. The van der Waals surface area contributed by atoms with Crippen LogP contribution >= 0.6 is 0 Å². The van der Waals surface area contributed by atoms with Gasteiger partial charge in [-0.2, -0.15) is 0 Å². The average Bonchev–Trinajstić information content (AvgIpc) is 2.78. The van der Waals surface area contributed by atoms with Crippen LogP contribution in [0.3, 0.4) is 0 Å². The minimum Gasteiger partial charge on any atom is -0.496 e. The molecular formula is C23H24N4O2. The molecule has 1 amide bonds. The van der Waals surface area contributed by atoms with Crippen LogP contribution in [-0.4, -0.2) is 36.1 Å². The van der Waals surface area contributed by atoms with Crippen LogP contribution in [0.25, 0.3) is 11.4 Å². The molecule has 0 fully saturated rings. The molecule has 0 saturated heterocycles. The minimum atomic E-state index is -0.266. The molecule has 0 spiro atoms. The lowest BCUT2D eigenvalue weighted by molar-refractivity contribution is 0.0953. The van der Waals surface area contributed by atoms with Gasteiger partial charge in [-0.05, 0) is 18.1 Å². The number of anilines is 1. The lowest BCUT2D eigenvalue weighted by Gasteiger charge is -2.12. The van der Waals surface area contributed by atoms with Crippen molar-refractivity contribution in [2.45, 2.75) is 6.42 Å². The highest BCUT2D eigenvalue weighted by atomic mass is 16.5. The predicted octanol–water partition coefficient (Wildman–Crippen LogP) is 3.72. The Morgan fingerprint density at radius 3 is 2.62 bits per heavy atom. The van der Waals surface area contributed by atoms with Gasteiger partial charge >= 0.3 is 0 Å². The van der Waals surface area contributed by atoms with E-state index in [0.717, 1.165) is 23.3 Å². The molecular weight excluding hydrogens is 364 g/mol. The number of carbonyl (C=O) groups is 1. The molecule has 2 N–H and O–H groups in total. The molecule has 3 rings (SSSR count). The first-order valence-corrected chi connectivity index (χ1v) is 9.40. The summed E-state index contributed by atoms with van der Waals surface area (Å²) in [6.45, 7) is 4.64. The molecule has 0 unspecified atom stereocenters. The minimum absolute atomic E-state index is 0.266. The van der Waals surface area contributed by atoms with Crippen LogP contribution in [-0.2, 0) is 6.42 Å². The maximum absolute atomic E-state index is 12.4. The van der Waals surface area contributed by atoms with Crippen molar-refractivity contribution >= 4 is 11.7 Å². The van der Waals surface area contributed by atoms with Crippen molar-refractivity contribution in [1.82, 2.24) is 15.3 Å². The molecule has 1 heterocycles. The van der Waals surface area contributed by atoms with Crippen LogP contribution in [0.15, 0.2) is 73.3 Å². The van der Waals surface area contributed by atoms with Crippen LogP contribution in [0.4, 0.5) is 5.82 Å². The van der Waals surface area contributed by atoms with E-state index >= 15 is 0 Å². The Morgan fingerprint density at radius 2 is 1.86 bits per heavy atom. The Labute approximate surface area is 170 Å². The number of ether oxygens (including phenoxy) is 1. The van der Waals surface area contributed by atoms with E-state index in [-0.39, 0.29) is 5.91 Å². The molecule has 148 valence electrons. The molecule has 6 heteroatoms. The Bertz CT molecular complexity index is 974. The summed E-state index contributed by atoms with van der Waals surface area (Å²) in [7, 11) is 1.66. The molecule has 3 aromatic rings. The Balaban J connectivity index is 1.81. The van der Waals surface area contributed by atoms with Gasteiger partial charge in [-0.1, -0.05) is 54.6 Å². The van der Waals surface area contributed by atoms with Gasteiger partial charge in [-0.25, -0.2) is 9.97 Å². The first kappa shape index (κ1) is 20.1. The van der Waals surface area contributed by atoms with Gasteiger partial charge in [-0.15, -0.1) is 6.58 Å². The van der Waals surface area contributed by atoms with Crippen LogP contribution < -0.4 is 15.4 Å². The predicted molar refractivity (Wildman–Crippen MR) is 115 cm³/mol. The van der Waals surface area contributed by atoms with Gasteiger partial charge in [-0.3, -0.25) is 4.79 Å². The van der Waals surface area contributed by atoms with Gasteiger partial charge in [0.05, 0.1) is 7.11 Å². The lowest BCUT2D eigenvalue weighted by Crippen LogP contribution is -2.25. The van der Waals surface area contributed by atoms with Gasteiger partial charge < -0.3 is 15.4 Å². The van der Waals surface area contributed by atoms with E-state index in [1.807, 2.05) is 54.6 Å². The van der Waals surface area contributed by atoms with E-state index in [0.29, 0.717) is 30.4 Å². The third-order valence-electron chi connectivity index (χ3n) is 4.29. The summed E-state index contributed by atoms with van der Waals surface area (Å²) in [5.41, 5.74) is 2.25. The zero-order chi connectivity index (χ0) is 20.5. The molecule has 0 bridgehead atoms. The summed E-state index contributed by atoms with van der Waals surface area (Å²) in [5, 5.41) is 6.06. The first-order valence-electron chi connectivity index (χ1n) is 9.40. The Kier molecular flexibility index (Phi) is 6.95. The zero-order valence-electron chi connectivity index (χ0n) is 16.4. The summed E-state index contributed by atoms with van der Waals surface area (Å²) in [6.07, 6.45) is 2.39. The normalized spacial score (nSPS) is 10.2. The maximum atomic E-state index is 12.4. The number of hydrogen-bond acceptors (Lipinski definition) is 5. The van der Waals surface area contributed by atoms with E-state index in [4.69, 9.17) is 4.74 Å². The van der Waals surface area contributed by atoms with Crippen molar-refractivity contribution in [3.8, 4) is 17.1 Å². The fourth-order valence-electron chi connectivity index (χ4n) is 2.86. The standard InChI is InChI=1S/C23H24N4O2/c1-3-14-25-23(28)19-16-21(27-22(26-19)18-10-5-4-6-11-18)24-15-13-17-9-7-8-12-20(17)29-2/h3-12,16H,1,13-15H2,2H3,(H,25,28)(H,24,26,27). The van der Waals surface area contributed by atoms with Crippen molar-refractivity contribution in [3.05, 3.63) is 84.6 Å². The maximum Gasteiger partial charge on any atom is 0.270 e. The van der Waals surface area contributed by atoms with E-state index in [9.17, 15) is 4.79 Å². The van der Waals surface area contributed by atoms with Crippen molar-refractivity contribution in [2.75, 3.05) is 25.5 Å². The van der Waals surface area contributed by atoms with E-state index in [2.05, 4.69) is 27.2 Å². The molecule has 0 aliphatic carbocycles. The zero-order valence-corrected chi connectivity index (χ0v) is 16.4. The number of aromatic nitrogens is 2. The number of rotatable bonds is 9. The number of benzene rings is 2. The highest BCUT2D eigenvalue weighted by Gasteiger charge is 2.12. The number of nitrogens with one attached hydrogen (secondary N) is 2. The molecule has 1 aromatic heterocycles. The van der Waals surface area contributed by atoms with Gasteiger partial charge in [0.2, 0.25) is 0 Å². The van der Waals surface area contributed by atoms with Crippen molar-refractivity contribution in [3.63, 3.8) is 0 Å². The molecule has 0 saturated carbocycles. The second kappa shape index (κ2) is 10.0. The van der Waals surface area contributed by atoms with E-state index < -0.39 is 0 Å². The van der Waals surface area contributed by atoms with Crippen LogP contribution in [0, 0.1) is 0 Å². The number of methoxy groups -OCH3 is 1. The number of para-hydroxylation sites is 1. The molecule has 0 atom stereocenters.